The van der Waals surface area contributed by atoms with Crippen molar-refractivity contribution in [3.8, 4) is 5.69 Å². The van der Waals surface area contributed by atoms with Crippen LogP contribution < -0.4 is 5.32 Å². The minimum Gasteiger partial charge on any atom is -0.390 e. The van der Waals surface area contributed by atoms with Crippen LogP contribution >= 0.6 is 0 Å². The summed E-state index contributed by atoms with van der Waals surface area (Å²) in [6.07, 6.45) is 2.08. The van der Waals surface area contributed by atoms with Gasteiger partial charge in [-0.3, -0.25) is 9.48 Å². The Bertz CT molecular complexity index is 1380. The zero-order valence-electron chi connectivity index (χ0n) is 19.0. The molecule has 2 N–H and O–H groups in total. The lowest BCUT2D eigenvalue weighted by molar-refractivity contribution is -0.141. The minimum absolute atomic E-state index is 0.152. The van der Waals surface area contributed by atoms with E-state index in [1.165, 1.54) is 6.07 Å². The summed E-state index contributed by atoms with van der Waals surface area (Å²) in [6, 6.07) is 8.53. The Balaban J connectivity index is 1.47. The number of nitrogens with zero attached hydrogens (tertiary/aromatic N) is 5. The number of nitrogens with one attached hydrogen (secondary N) is 1. The molecule has 1 amide bonds. The summed E-state index contributed by atoms with van der Waals surface area (Å²) in [7, 11) is 0. The molecule has 1 aliphatic carbocycles. The van der Waals surface area contributed by atoms with Crippen LogP contribution in [0.2, 0.25) is 0 Å². The summed E-state index contributed by atoms with van der Waals surface area (Å²) in [5, 5.41) is 22.6. The summed E-state index contributed by atoms with van der Waals surface area (Å²) in [5.41, 5.74) is -0.694. The highest BCUT2D eigenvalue weighted by atomic mass is 19.4. The van der Waals surface area contributed by atoms with Crippen LogP contribution in [0.15, 0.2) is 55.0 Å². The number of fused-ring (bicyclic) bond motifs is 1. The molecule has 0 radical (unpaired) electrons. The number of pyridine rings is 1. The highest BCUT2D eigenvalue weighted by molar-refractivity contribution is 6.05. The summed E-state index contributed by atoms with van der Waals surface area (Å²) in [6.45, 7) is 3.61. The Morgan fingerprint density at radius 3 is 2.60 bits per heavy atom. The van der Waals surface area contributed by atoms with Gasteiger partial charge in [-0.1, -0.05) is 6.07 Å². The maximum Gasteiger partial charge on any atom is 0.433 e. The minimum atomic E-state index is -4.66. The van der Waals surface area contributed by atoms with E-state index in [1.807, 2.05) is 10.9 Å². The Hall–Kier alpha value is -3.73. The summed E-state index contributed by atoms with van der Waals surface area (Å²) >= 11 is 0. The first-order valence-corrected chi connectivity index (χ1v) is 11.1. The van der Waals surface area contributed by atoms with Crippen LogP contribution in [0, 0.1) is 5.92 Å². The molecular formula is C24H23F3N6O2. The standard InChI is InChI=1S/C24H23F3N6O2/c1-23(2,35)15-10-16(11-15)33-13-14-9-19(20(12-18(14)31-33)32-8-4-7-28-32)30-22(34)17-5-3-6-21(29-17)24(25,26)27/h3-9,12-13,15-16,35H,10-11H2,1-2H3,(H,30,34)/t15-,16-. The van der Waals surface area contributed by atoms with Crippen molar-refractivity contribution in [1.82, 2.24) is 24.5 Å². The number of benzene rings is 1. The van der Waals surface area contributed by atoms with E-state index in [0.29, 0.717) is 16.9 Å². The Morgan fingerprint density at radius 2 is 1.94 bits per heavy atom. The first-order valence-electron chi connectivity index (χ1n) is 11.1. The number of anilines is 1. The quantitative estimate of drug-likeness (QED) is 0.431. The van der Waals surface area contributed by atoms with Gasteiger partial charge in [0.05, 0.1) is 28.5 Å². The molecule has 0 saturated heterocycles. The van der Waals surface area contributed by atoms with Crippen molar-refractivity contribution < 1.29 is 23.1 Å². The van der Waals surface area contributed by atoms with Gasteiger partial charge in [0.15, 0.2) is 0 Å². The average Bonchev–Trinajstić information content (AvgIpc) is 3.40. The van der Waals surface area contributed by atoms with Crippen LogP contribution in [0.5, 0.6) is 0 Å². The molecule has 0 aliphatic heterocycles. The van der Waals surface area contributed by atoms with Crippen LogP contribution in [-0.4, -0.2) is 41.2 Å². The molecule has 3 heterocycles. The highest BCUT2D eigenvalue weighted by Crippen LogP contribution is 2.44. The van der Waals surface area contributed by atoms with E-state index < -0.39 is 23.4 Å². The molecule has 4 aromatic rings. The van der Waals surface area contributed by atoms with Crippen molar-refractivity contribution in [2.45, 2.75) is 44.5 Å². The molecule has 35 heavy (non-hydrogen) atoms. The van der Waals surface area contributed by atoms with E-state index in [4.69, 9.17) is 0 Å². The van der Waals surface area contributed by atoms with Crippen LogP contribution in [0.4, 0.5) is 18.9 Å². The number of aliphatic hydroxyl groups is 1. The van der Waals surface area contributed by atoms with Gasteiger partial charge in [-0.2, -0.15) is 23.4 Å². The Kier molecular flexibility index (Phi) is 5.39. The second-order valence-corrected chi connectivity index (χ2v) is 9.32. The van der Waals surface area contributed by atoms with Crippen LogP contribution in [0.25, 0.3) is 16.6 Å². The van der Waals surface area contributed by atoms with Crippen LogP contribution in [0.3, 0.4) is 0 Å². The number of carbonyl (C=O) groups is 1. The van der Waals surface area contributed by atoms with Gasteiger partial charge in [0.1, 0.15) is 11.4 Å². The van der Waals surface area contributed by atoms with Gasteiger partial charge in [0, 0.05) is 24.0 Å². The van der Waals surface area contributed by atoms with Crippen molar-refractivity contribution in [3.63, 3.8) is 0 Å². The summed E-state index contributed by atoms with van der Waals surface area (Å²) < 4.78 is 42.5. The number of aromatic nitrogens is 5. The van der Waals surface area contributed by atoms with E-state index in [0.717, 1.165) is 30.4 Å². The predicted molar refractivity (Wildman–Crippen MR) is 122 cm³/mol. The monoisotopic (exact) mass is 484 g/mol. The van der Waals surface area contributed by atoms with Gasteiger partial charge >= 0.3 is 6.18 Å². The maximum absolute atomic E-state index is 13.0. The molecule has 0 bridgehead atoms. The van der Waals surface area contributed by atoms with Crippen molar-refractivity contribution >= 4 is 22.5 Å². The molecule has 1 saturated carbocycles. The molecule has 182 valence electrons. The lowest BCUT2D eigenvalue weighted by atomic mass is 9.71. The number of amides is 1. The molecule has 0 unspecified atom stereocenters. The van der Waals surface area contributed by atoms with Crippen molar-refractivity contribution in [1.29, 1.82) is 0 Å². The van der Waals surface area contributed by atoms with E-state index in [-0.39, 0.29) is 17.7 Å². The van der Waals surface area contributed by atoms with Gasteiger partial charge in [-0.05, 0) is 62.9 Å². The van der Waals surface area contributed by atoms with E-state index in [9.17, 15) is 23.1 Å². The molecule has 1 aromatic carbocycles. The zero-order valence-corrected chi connectivity index (χ0v) is 19.0. The molecule has 3 aromatic heterocycles. The third kappa shape index (κ3) is 4.51. The second kappa shape index (κ2) is 8.19. The van der Waals surface area contributed by atoms with Gasteiger partial charge in [-0.15, -0.1) is 0 Å². The molecule has 11 heteroatoms. The van der Waals surface area contributed by atoms with Crippen molar-refractivity contribution in [3.05, 3.63) is 66.4 Å². The van der Waals surface area contributed by atoms with Crippen LogP contribution in [-0.2, 0) is 6.18 Å². The van der Waals surface area contributed by atoms with Crippen molar-refractivity contribution in [2.24, 2.45) is 5.92 Å². The fraction of sp³-hybridized carbons (Fsp3) is 0.333. The van der Waals surface area contributed by atoms with E-state index in [2.05, 4.69) is 20.5 Å². The Morgan fingerprint density at radius 1 is 1.17 bits per heavy atom. The Labute approximate surface area is 198 Å². The molecular weight excluding hydrogens is 461 g/mol. The first-order chi connectivity index (χ1) is 16.5. The number of hydrogen-bond donors (Lipinski definition) is 2. The summed E-state index contributed by atoms with van der Waals surface area (Å²) in [5.74, 6) is -0.586. The van der Waals surface area contributed by atoms with Gasteiger partial charge in [0.25, 0.3) is 5.91 Å². The third-order valence-corrected chi connectivity index (χ3v) is 6.40. The third-order valence-electron chi connectivity index (χ3n) is 6.40. The highest BCUT2D eigenvalue weighted by Gasteiger charge is 2.40. The number of rotatable bonds is 5. The smallest absolute Gasteiger partial charge is 0.390 e. The van der Waals surface area contributed by atoms with Gasteiger partial charge in [0.2, 0.25) is 0 Å². The van der Waals surface area contributed by atoms with Crippen molar-refractivity contribution in [2.75, 3.05) is 5.32 Å². The van der Waals surface area contributed by atoms with Gasteiger partial charge in [-0.25, -0.2) is 9.67 Å². The molecule has 1 fully saturated rings. The number of alkyl halides is 3. The fourth-order valence-electron chi connectivity index (χ4n) is 4.25. The molecule has 5 rings (SSSR count). The largest absolute Gasteiger partial charge is 0.433 e. The second-order valence-electron chi connectivity index (χ2n) is 9.32. The summed E-state index contributed by atoms with van der Waals surface area (Å²) in [4.78, 5) is 16.3. The number of halogens is 3. The van der Waals surface area contributed by atoms with Crippen LogP contribution in [0.1, 0.15) is 48.9 Å². The fourth-order valence-corrected chi connectivity index (χ4v) is 4.25. The lowest BCUT2D eigenvalue weighted by Gasteiger charge is -2.42. The molecule has 8 nitrogen and oxygen atoms in total. The molecule has 0 atom stereocenters. The zero-order chi connectivity index (χ0) is 25.0. The maximum atomic E-state index is 13.0. The van der Waals surface area contributed by atoms with E-state index >= 15 is 0 Å². The SMILES string of the molecule is CC(C)(O)[C@H]1C[C@H](n2cc3cc(NC(=O)c4cccc(C(F)(F)F)n4)c(-n4cccn4)cc3n2)C1. The first kappa shape index (κ1) is 23.0. The van der Waals surface area contributed by atoms with Gasteiger partial charge < -0.3 is 10.4 Å². The predicted octanol–water partition coefficient (Wildman–Crippen LogP) is 4.61. The molecule has 0 spiro atoms. The topological polar surface area (TPSA) is 97.9 Å². The average molecular weight is 484 g/mol. The number of carbonyl (C=O) groups excluding carboxylic acids is 1. The lowest BCUT2D eigenvalue weighted by Crippen LogP contribution is -2.41. The number of hydrogen-bond acceptors (Lipinski definition) is 5. The molecule has 1 aliphatic rings. The normalized spacial score (nSPS) is 18.5. The van der Waals surface area contributed by atoms with E-state index in [1.54, 1.807) is 49.1 Å².